The number of hydrogen-bond acceptors (Lipinski definition) is 3. The Labute approximate surface area is 130 Å². The summed E-state index contributed by atoms with van der Waals surface area (Å²) in [6.07, 6.45) is 3.23. The van der Waals surface area contributed by atoms with Crippen LogP contribution in [-0.4, -0.2) is 19.6 Å². The van der Waals surface area contributed by atoms with Crippen molar-refractivity contribution in [2.24, 2.45) is 0 Å². The zero-order chi connectivity index (χ0) is 15.8. The van der Waals surface area contributed by atoms with Gasteiger partial charge in [0.25, 0.3) is 0 Å². The van der Waals surface area contributed by atoms with Crippen molar-refractivity contribution in [3.05, 3.63) is 60.2 Å². The van der Waals surface area contributed by atoms with Crippen LogP contribution in [0.1, 0.15) is 12.5 Å². The molecule has 2 rings (SSSR count). The molecule has 0 aliphatic rings. The maximum absolute atomic E-state index is 11.9. The van der Waals surface area contributed by atoms with Gasteiger partial charge in [0.15, 0.2) is 0 Å². The second-order valence-electron chi connectivity index (χ2n) is 4.52. The predicted octanol–water partition coefficient (Wildman–Crippen LogP) is 3.75. The molecule has 1 amide bonds. The van der Waals surface area contributed by atoms with Crippen LogP contribution in [0, 0.1) is 0 Å². The molecule has 0 atom stereocenters. The average molecular weight is 297 g/mol. The van der Waals surface area contributed by atoms with E-state index >= 15 is 0 Å². The zero-order valence-corrected chi connectivity index (χ0v) is 12.7. The highest BCUT2D eigenvalue weighted by Crippen LogP contribution is 2.19. The number of hydrogen-bond donors (Lipinski definition) is 1. The van der Waals surface area contributed by atoms with Crippen LogP contribution in [0.3, 0.4) is 0 Å². The van der Waals surface area contributed by atoms with Crippen molar-refractivity contribution in [2.45, 2.75) is 6.92 Å². The van der Waals surface area contributed by atoms with Crippen LogP contribution in [0.2, 0.25) is 0 Å². The first kappa shape index (κ1) is 15.6. The smallest absolute Gasteiger partial charge is 0.248 e. The molecule has 4 heteroatoms. The summed E-state index contributed by atoms with van der Waals surface area (Å²) in [5, 5.41) is 2.79. The van der Waals surface area contributed by atoms with E-state index in [9.17, 15) is 4.79 Å². The molecule has 0 bridgehead atoms. The Bertz CT molecular complexity index is 648. The molecule has 0 aliphatic carbocycles. The van der Waals surface area contributed by atoms with Gasteiger partial charge in [0.2, 0.25) is 5.91 Å². The molecule has 114 valence electrons. The molecule has 4 nitrogen and oxygen atoms in total. The number of rotatable bonds is 6. The second-order valence-corrected chi connectivity index (χ2v) is 4.52. The molecule has 2 aromatic carbocycles. The summed E-state index contributed by atoms with van der Waals surface area (Å²) in [5.41, 5.74) is 1.59. The Hall–Kier alpha value is -2.75. The van der Waals surface area contributed by atoms with Crippen molar-refractivity contribution >= 4 is 17.7 Å². The van der Waals surface area contributed by atoms with Crippen LogP contribution in [-0.2, 0) is 4.79 Å². The maximum Gasteiger partial charge on any atom is 0.248 e. The fourth-order valence-electron chi connectivity index (χ4n) is 1.93. The van der Waals surface area contributed by atoms with Crippen LogP contribution < -0.4 is 14.8 Å². The van der Waals surface area contributed by atoms with Gasteiger partial charge in [0.1, 0.15) is 11.5 Å². The van der Waals surface area contributed by atoms with Gasteiger partial charge in [-0.2, -0.15) is 0 Å². The third-order valence-electron chi connectivity index (χ3n) is 2.99. The van der Waals surface area contributed by atoms with Gasteiger partial charge >= 0.3 is 0 Å². The summed E-state index contributed by atoms with van der Waals surface area (Å²) in [6.45, 7) is 2.51. The van der Waals surface area contributed by atoms with Gasteiger partial charge in [0, 0.05) is 17.3 Å². The van der Waals surface area contributed by atoms with Gasteiger partial charge < -0.3 is 14.8 Å². The van der Waals surface area contributed by atoms with Crippen molar-refractivity contribution in [1.82, 2.24) is 0 Å². The van der Waals surface area contributed by atoms with Crippen molar-refractivity contribution in [2.75, 3.05) is 19.0 Å². The van der Waals surface area contributed by atoms with E-state index < -0.39 is 0 Å². The molecule has 0 saturated carbocycles. The molecule has 0 radical (unpaired) electrons. The third kappa shape index (κ3) is 4.38. The van der Waals surface area contributed by atoms with Gasteiger partial charge in [-0.05, 0) is 43.3 Å². The summed E-state index contributed by atoms with van der Waals surface area (Å²) in [6, 6.07) is 14.8. The van der Waals surface area contributed by atoms with E-state index in [1.165, 1.54) is 6.08 Å². The fourth-order valence-corrected chi connectivity index (χ4v) is 1.93. The van der Waals surface area contributed by atoms with Crippen molar-refractivity contribution < 1.29 is 14.3 Å². The zero-order valence-electron chi connectivity index (χ0n) is 12.7. The van der Waals surface area contributed by atoms with E-state index in [1.54, 1.807) is 37.5 Å². The molecular weight excluding hydrogens is 278 g/mol. The molecule has 0 unspecified atom stereocenters. The molecule has 0 aliphatic heterocycles. The van der Waals surface area contributed by atoms with Gasteiger partial charge in [-0.15, -0.1) is 0 Å². The summed E-state index contributed by atoms with van der Waals surface area (Å²) in [4.78, 5) is 11.9. The first-order valence-electron chi connectivity index (χ1n) is 7.08. The van der Waals surface area contributed by atoms with Crippen LogP contribution in [0.15, 0.2) is 54.6 Å². The molecule has 0 saturated heterocycles. The third-order valence-corrected chi connectivity index (χ3v) is 2.99. The van der Waals surface area contributed by atoms with Gasteiger partial charge in [-0.25, -0.2) is 0 Å². The Morgan fingerprint density at radius 1 is 1.14 bits per heavy atom. The lowest BCUT2D eigenvalue weighted by Gasteiger charge is -2.06. The van der Waals surface area contributed by atoms with Crippen molar-refractivity contribution in [1.29, 1.82) is 0 Å². The monoisotopic (exact) mass is 297 g/mol. The lowest BCUT2D eigenvalue weighted by Crippen LogP contribution is -2.07. The topological polar surface area (TPSA) is 47.6 Å². The van der Waals surface area contributed by atoms with E-state index in [0.29, 0.717) is 12.3 Å². The number of carbonyl (C=O) groups is 1. The molecule has 1 N–H and O–H groups in total. The quantitative estimate of drug-likeness (QED) is 0.826. The van der Waals surface area contributed by atoms with Crippen molar-refractivity contribution in [3.8, 4) is 11.5 Å². The minimum atomic E-state index is -0.198. The molecule has 0 heterocycles. The molecule has 0 fully saturated rings. The number of methoxy groups -OCH3 is 1. The van der Waals surface area contributed by atoms with E-state index in [1.807, 2.05) is 31.2 Å². The lowest BCUT2D eigenvalue weighted by molar-refractivity contribution is -0.111. The Kier molecular flexibility index (Phi) is 5.60. The minimum absolute atomic E-state index is 0.198. The van der Waals surface area contributed by atoms with Crippen LogP contribution in [0.25, 0.3) is 6.08 Å². The highest BCUT2D eigenvalue weighted by Gasteiger charge is 2.01. The number of ether oxygens (including phenoxy) is 2. The summed E-state index contributed by atoms with van der Waals surface area (Å²) in [7, 11) is 1.60. The number of nitrogens with one attached hydrogen (secondary N) is 1. The Balaban J connectivity index is 2.01. The van der Waals surface area contributed by atoms with Gasteiger partial charge in [-0.1, -0.05) is 18.2 Å². The Morgan fingerprint density at radius 2 is 1.86 bits per heavy atom. The van der Waals surface area contributed by atoms with E-state index in [4.69, 9.17) is 9.47 Å². The van der Waals surface area contributed by atoms with Crippen LogP contribution in [0.5, 0.6) is 11.5 Å². The van der Waals surface area contributed by atoms with Gasteiger partial charge in [0.05, 0.1) is 13.7 Å². The lowest BCUT2D eigenvalue weighted by atomic mass is 10.2. The number of amides is 1. The Morgan fingerprint density at radius 3 is 2.55 bits per heavy atom. The van der Waals surface area contributed by atoms with Crippen LogP contribution >= 0.6 is 0 Å². The summed E-state index contributed by atoms with van der Waals surface area (Å²) in [5.74, 6) is 1.31. The summed E-state index contributed by atoms with van der Waals surface area (Å²) < 4.78 is 10.6. The largest absolute Gasteiger partial charge is 0.497 e. The second kappa shape index (κ2) is 7.88. The van der Waals surface area contributed by atoms with Crippen molar-refractivity contribution in [3.63, 3.8) is 0 Å². The summed E-state index contributed by atoms with van der Waals surface area (Å²) >= 11 is 0. The van der Waals surface area contributed by atoms with Crippen LogP contribution in [0.4, 0.5) is 5.69 Å². The molecule has 22 heavy (non-hydrogen) atoms. The van der Waals surface area contributed by atoms with E-state index in [0.717, 1.165) is 17.1 Å². The SMILES string of the molecule is CCOc1ccccc1/C=C/C(=O)Nc1ccc(OC)cc1. The predicted molar refractivity (Wildman–Crippen MR) is 88.3 cm³/mol. The standard InChI is InChI=1S/C18H19NO3/c1-3-22-17-7-5-4-6-14(17)8-13-18(20)19-15-9-11-16(21-2)12-10-15/h4-13H,3H2,1-2H3,(H,19,20)/b13-8+. The number of para-hydroxylation sites is 1. The number of carbonyl (C=O) groups excluding carboxylic acids is 1. The highest BCUT2D eigenvalue weighted by atomic mass is 16.5. The van der Waals surface area contributed by atoms with E-state index in [2.05, 4.69) is 5.32 Å². The first-order valence-corrected chi connectivity index (χ1v) is 7.08. The highest BCUT2D eigenvalue weighted by molar-refractivity contribution is 6.02. The van der Waals surface area contributed by atoms with Gasteiger partial charge in [-0.3, -0.25) is 4.79 Å². The molecule has 2 aromatic rings. The molecule has 0 spiro atoms. The maximum atomic E-state index is 11.9. The minimum Gasteiger partial charge on any atom is -0.497 e. The molecule has 0 aromatic heterocycles. The first-order chi connectivity index (χ1) is 10.7. The van der Waals surface area contributed by atoms with E-state index in [-0.39, 0.29) is 5.91 Å². The number of benzene rings is 2. The average Bonchev–Trinajstić information content (AvgIpc) is 2.55. The molecular formula is C18H19NO3. The fraction of sp³-hybridized carbons (Fsp3) is 0.167. The number of anilines is 1. The normalized spacial score (nSPS) is 10.5.